The Balaban J connectivity index is 1.68. The Morgan fingerprint density at radius 3 is 2.33 bits per heavy atom. The molecule has 0 saturated carbocycles. The number of nitriles is 1. The predicted octanol–water partition coefficient (Wildman–Crippen LogP) is 3.60. The third-order valence-corrected chi connectivity index (χ3v) is 5.05. The minimum absolute atomic E-state index is 0.232. The van der Waals surface area contributed by atoms with E-state index in [4.69, 9.17) is 14.2 Å². The lowest BCUT2D eigenvalue weighted by Crippen LogP contribution is -2.34. The molecular weight excluding hydrogens is 426 g/mol. The molecule has 2 heterocycles. The molecule has 3 aromatic rings. The van der Waals surface area contributed by atoms with Gasteiger partial charge in [-0.2, -0.15) is 5.26 Å². The van der Waals surface area contributed by atoms with Crippen molar-refractivity contribution in [2.24, 2.45) is 13.0 Å². The van der Waals surface area contributed by atoms with Gasteiger partial charge in [-0.05, 0) is 55.8 Å². The molecule has 0 spiro atoms. The van der Waals surface area contributed by atoms with Crippen LogP contribution in [0.2, 0.25) is 0 Å². The van der Waals surface area contributed by atoms with Gasteiger partial charge in [0.15, 0.2) is 17.8 Å². The molecule has 2 aromatic heterocycles. The molecule has 0 radical (unpaired) electrons. The van der Waals surface area contributed by atoms with Gasteiger partial charge < -0.3 is 23.8 Å². The lowest BCUT2D eigenvalue weighted by molar-refractivity contribution is -0.126. The molecule has 0 fully saturated rings. The lowest BCUT2D eigenvalue weighted by atomic mass is 9.94. The first kappa shape index (κ1) is 23.3. The maximum Gasteiger partial charge on any atom is 0.343 e. The van der Waals surface area contributed by atoms with E-state index in [1.807, 2.05) is 0 Å². The van der Waals surface area contributed by atoms with E-state index in [1.165, 1.54) is 14.0 Å². The smallest absolute Gasteiger partial charge is 0.343 e. The first-order valence-electron chi connectivity index (χ1n) is 10.1. The summed E-state index contributed by atoms with van der Waals surface area (Å²) >= 11 is 0. The monoisotopic (exact) mass is 449 g/mol. The number of carbonyl (C=O) groups excluding carboxylic acids is 3. The Morgan fingerprint density at radius 1 is 1.09 bits per heavy atom. The van der Waals surface area contributed by atoms with Gasteiger partial charge in [0.25, 0.3) is 0 Å². The predicted molar refractivity (Wildman–Crippen MR) is 117 cm³/mol. The Bertz CT molecular complexity index is 1220. The zero-order valence-electron chi connectivity index (χ0n) is 18.6. The highest BCUT2D eigenvalue weighted by molar-refractivity contribution is 6.13. The van der Waals surface area contributed by atoms with Crippen molar-refractivity contribution >= 4 is 17.5 Å². The number of aryl methyl sites for hydroxylation is 2. The van der Waals surface area contributed by atoms with Crippen molar-refractivity contribution in [1.82, 2.24) is 9.55 Å². The number of rotatable bonds is 9. The van der Waals surface area contributed by atoms with Gasteiger partial charge in [0.1, 0.15) is 17.1 Å². The van der Waals surface area contributed by atoms with Gasteiger partial charge in [-0.15, -0.1) is 0 Å². The van der Waals surface area contributed by atoms with Gasteiger partial charge in [-0.25, -0.2) is 4.79 Å². The molecule has 0 amide bonds. The number of methoxy groups -OCH3 is 1. The number of aromatic amines is 1. The number of carbonyl (C=O) groups is 3. The fraction of sp³-hybridized carbons (Fsp3) is 0.250. The summed E-state index contributed by atoms with van der Waals surface area (Å²) in [4.78, 5) is 40.0. The van der Waals surface area contributed by atoms with Crippen LogP contribution in [0.5, 0.6) is 17.4 Å². The number of Topliss-reactive ketones (excluding diaryl/α,β-unsaturated/α-hetero) is 2. The molecule has 0 saturated heterocycles. The third-order valence-electron chi connectivity index (χ3n) is 5.05. The number of esters is 1. The molecule has 2 atom stereocenters. The number of aromatic nitrogens is 2. The molecule has 0 aliphatic heterocycles. The Labute approximate surface area is 190 Å². The highest BCUT2D eigenvalue weighted by Gasteiger charge is 2.33. The average molecular weight is 449 g/mol. The molecule has 33 heavy (non-hydrogen) atoms. The van der Waals surface area contributed by atoms with E-state index in [0.29, 0.717) is 22.9 Å². The molecule has 3 rings (SSSR count). The molecular formula is C24H23N3O6. The van der Waals surface area contributed by atoms with Gasteiger partial charge in [0.05, 0.1) is 18.9 Å². The standard InChI is InChI=1S/C24H23N3O6/c1-14-9-11-26-20(14)22(29)19(13-25)21(28)15(2)32-16-5-7-17(8-6-16)33-23-18(24(30)31-4)10-12-27(23)3/h5-12,15,19,26H,1-4H3. The van der Waals surface area contributed by atoms with E-state index >= 15 is 0 Å². The zero-order chi connectivity index (χ0) is 24.1. The molecule has 170 valence electrons. The Morgan fingerprint density at radius 2 is 1.76 bits per heavy atom. The van der Waals surface area contributed by atoms with Crippen LogP contribution in [0.25, 0.3) is 0 Å². The molecule has 1 aromatic carbocycles. The number of nitrogens with one attached hydrogen (secondary N) is 1. The molecule has 0 aliphatic rings. The summed E-state index contributed by atoms with van der Waals surface area (Å²) in [6.07, 6.45) is 2.22. The number of nitrogens with zero attached hydrogens (tertiary/aromatic N) is 2. The highest BCUT2D eigenvalue weighted by atomic mass is 16.5. The first-order valence-corrected chi connectivity index (χ1v) is 10.1. The van der Waals surface area contributed by atoms with E-state index in [2.05, 4.69) is 4.98 Å². The number of benzene rings is 1. The Kier molecular flexibility index (Phi) is 6.98. The van der Waals surface area contributed by atoms with Crippen molar-refractivity contribution in [3.05, 3.63) is 65.6 Å². The minimum atomic E-state index is -1.48. The summed E-state index contributed by atoms with van der Waals surface area (Å²) in [6, 6.07) is 11.4. The van der Waals surface area contributed by atoms with Crippen molar-refractivity contribution < 1.29 is 28.6 Å². The SMILES string of the molecule is COC(=O)c1ccn(C)c1Oc1ccc(OC(C)C(=O)C(C#N)C(=O)c2[nH]ccc2C)cc1. The summed E-state index contributed by atoms with van der Waals surface area (Å²) in [5.74, 6) is -2.13. The normalized spacial score (nSPS) is 12.3. The van der Waals surface area contributed by atoms with Gasteiger partial charge >= 0.3 is 5.97 Å². The van der Waals surface area contributed by atoms with Gasteiger partial charge in [-0.3, -0.25) is 9.59 Å². The summed E-state index contributed by atoms with van der Waals surface area (Å²) in [5, 5.41) is 9.42. The average Bonchev–Trinajstić information content (AvgIpc) is 3.40. The van der Waals surface area contributed by atoms with Crippen molar-refractivity contribution in [1.29, 1.82) is 5.26 Å². The van der Waals surface area contributed by atoms with Crippen LogP contribution in [0.4, 0.5) is 0 Å². The van der Waals surface area contributed by atoms with Crippen LogP contribution in [0.3, 0.4) is 0 Å². The second kappa shape index (κ2) is 9.87. The number of hydrogen-bond acceptors (Lipinski definition) is 7. The number of hydrogen-bond donors (Lipinski definition) is 1. The molecule has 0 bridgehead atoms. The van der Waals surface area contributed by atoms with Crippen LogP contribution < -0.4 is 9.47 Å². The fourth-order valence-electron chi connectivity index (χ4n) is 3.21. The molecule has 2 unspecified atom stereocenters. The summed E-state index contributed by atoms with van der Waals surface area (Å²) in [6.45, 7) is 3.20. The van der Waals surface area contributed by atoms with E-state index in [9.17, 15) is 19.6 Å². The van der Waals surface area contributed by atoms with Crippen molar-refractivity contribution in [3.63, 3.8) is 0 Å². The van der Waals surface area contributed by atoms with E-state index in [0.717, 1.165) is 0 Å². The number of H-pyrrole nitrogens is 1. The van der Waals surface area contributed by atoms with Crippen LogP contribution >= 0.6 is 0 Å². The quantitative estimate of drug-likeness (QED) is 0.301. The first-order chi connectivity index (χ1) is 15.8. The summed E-state index contributed by atoms with van der Waals surface area (Å²) in [5.41, 5.74) is 1.17. The second-order valence-corrected chi connectivity index (χ2v) is 7.34. The number of ketones is 2. The van der Waals surface area contributed by atoms with E-state index < -0.39 is 29.6 Å². The largest absolute Gasteiger partial charge is 0.483 e. The third kappa shape index (κ3) is 4.96. The van der Waals surface area contributed by atoms with Crippen LogP contribution in [-0.4, -0.2) is 40.3 Å². The fourth-order valence-corrected chi connectivity index (χ4v) is 3.21. The summed E-state index contributed by atoms with van der Waals surface area (Å²) < 4.78 is 17.8. The van der Waals surface area contributed by atoms with Gasteiger partial charge in [0.2, 0.25) is 11.7 Å². The van der Waals surface area contributed by atoms with E-state index in [-0.39, 0.29) is 11.3 Å². The molecule has 0 aliphatic carbocycles. The minimum Gasteiger partial charge on any atom is -0.483 e. The van der Waals surface area contributed by atoms with Crippen LogP contribution in [-0.2, 0) is 16.6 Å². The van der Waals surface area contributed by atoms with E-state index in [1.54, 1.807) is 73.4 Å². The van der Waals surface area contributed by atoms with Crippen LogP contribution in [0, 0.1) is 24.2 Å². The molecule has 9 nitrogen and oxygen atoms in total. The van der Waals surface area contributed by atoms with Crippen molar-refractivity contribution in [2.75, 3.05) is 7.11 Å². The van der Waals surface area contributed by atoms with Gasteiger partial charge in [-0.1, -0.05) is 0 Å². The zero-order valence-corrected chi connectivity index (χ0v) is 18.6. The maximum atomic E-state index is 12.7. The highest BCUT2D eigenvalue weighted by Crippen LogP contribution is 2.28. The summed E-state index contributed by atoms with van der Waals surface area (Å²) in [7, 11) is 3.02. The topological polar surface area (TPSA) is 123 Å². The van der Waals surface area contributed by atoms with Crippen LogP contribution in [0.15, 0.2) is 48.8 Å². The molecule has 9 heteroatoms. The van der Waals surface area contributed by atoms with Crippen molar-refractivity contribution in [2.45, 2.75) is 20.0 Å². The molecule has 1 N–H and O–H groups in total. The van der Waals surface area contributed by atoms with Crippen molar-refractivity contribution in [3.8, 4) is 23.4 Å². The van der Waals surface area contributed by atoms with Gasteiger partial charge in [0, 0.05) is 19.4 Å². The Hall–Kier alpha value is -4.32. The lowest BCUT2D eigenvalue weighted by Gasteiger charge is -2.16. The van der Waals surface area contributed by atoms with Crippen LogP contribution in [0.1, 0.15) is 33.3 Å². The number of ether oxygens (including phenoxy) is 3. The second-order valence-electron chi connectivity index (χ2n) is 7.34. The maximum absolute atomic E-state index is 12.7.